The van der Waals surface area contributed by atoms with Gasteiger partial charge in [0.2, 0.25) is 0 Å². The molecule has 0 unspecified atom stereocenters. The molecule has 1 amide bonds. The lowest BCUT2D eigenvalue weighted by molar-refractivity contribution is 0.0729. The van der Waals surface area contributed by atoms with Crippen LogP contribution in [0.1, 0.15) is 26.4 Å². The Hall–Kier alpha value is -3.82. The van der Waals surface area contributed by atoms with Crippen LogP contribution >= 0.6 is 50.7 Å². The molecule has 0 saturated heterocycles. The number of fused-ring (bicyclic) bond motifs is 1. The highest BCUT2D eigenvalue weighted by Gasteiger charge is 2.21. The fourth-order valence-corrected chi connectivity index (χ4v) is 5.24. The summed E-state index contributed by atoms with van der Waals surface area (Å²) in [6.07, 6.45) is 1.44. The lowest BCUT2D eigenvalue weighted by Crippen LogP contribution is -2.19. The average molecular weight is 672 g/mol. The quantitative estimate of drug-likeness (QED) is 0.0785. The summed E-state index contributed by atoms with van der Waals surface area (Å²) in [5, 5.41) is 6.03. The van der Waals surface area contributed by atoms with Crippen molar-refractivity contribution in [2.45, 2.75) is 0 Å². The predicted octanol–water partition coefficient (Wildman–Crippen LogP) is 8.55. The zero-order chi connectivity index (χ0) is 29.1. The van der Waals surface area contributed by atoms with Crippen LogP contribution in [-0.4, -0.2) is 30.2 Å². The molecule has 206 valence electrons. The lowest BCUT2D eigenvalue weighted by atomic mass is 10.0. The van der Waals surface area contributed by atoms with Gasteiger partial charge in [-0.1, -0.05) is 68.9 Å². The number of esters is 1. The summed E-state index contributed by atoms with van der Waals surface area (Å²) in [6, 6.07) is 22.3. The molecule has 11 heteroatoms. The number of H-pyrrole nitrogens is 1. The van der Waals surface area contributed by atoms with E-state index >= 15 is 0 Å². The number of rotatable bonds is 7. The van der Waals surface area contributed by atoms with Gasteiger partial charge in [0, 0.05) is 36.5 Å². The number of hydrogen-bond donors (Lipinski definition) is 2. The second-order valence-electron chi connectivity index (χ2n) is 8.67. The Bertz CT molecular complexity index is 1840. The Morgan fingerprint density at radius 3 is 2.49 bits per heavy atom. The van der Waals surface area contributed by atoms with Gasteiger partial charge < -0.3 is 14.5 Å². The highest BCUT2D eigenvalue weighted by atomic mass is 79.9. The van der Waals surface area contributed by atoms with Gasteiger partial charge in [0.05, 0.1) is 23.9 Å². The van der Waals surface area contributed by atoms with Crippen molar-refractivity contribution in [3.63, 3.8) is 0 Å². The summed E-state index contributed by atoms with van der Waals surface area (Å²) in [7, 11) is 1.44. The molecule has 0 aliphatic heterocycles. The Labute approximate surface area is 258 Å². The highest BCUT2D eigenvalue weighted by molar-refractivity contribution is 9.10. The molecule has 41 heavy (non-hydrogen) atoms. The summed E-state index contributed by atoms with van der Waals surface area (Å²) in [5.41, 5.74) is 5.75. The third kappa shape index (κ3) is 6.26. The van der Waals surface area contributed by atoms with E-state index in [1.807, 2.05) is 36.4 Å². The molecule has 0 saturated carbocycles. The van der Waals surface area contributed by atoms with E-state index in [9.17, 15) is 9.59 Å². The molecule has 5 rings (SSSR count). The van der Waals surface area contributed by atoms with Gasteiger partial charge in [-0.2, -0.15) is 5.10 Å². The van der Waals surface area contributed by atoms with Crippen molar-refractivity contribution >= 4 is 79.7 Å². The van der Waals surface area contributed by atoms with Gasteiger partial charge in [0.25, 0.3) is 5.91 Å². The maximum absolute atomic E-state index is 13.3. The monoisotopic (exact) mass is 669 g/mol. The Balaban J connectivity index is 1.36. The second-order valence-corrected chi connectivity index (χ2v) is 10.8. The molecule has 4 aromatic carbocycles. The normalized spacial score (nSPS) is 11.1. The molecule has 0 spiro atoms. The van der Waals surface area contributed by atoms with E-state index in [1.54, 1.807) is 30.3 Å². The number of aromatic nitrogens is 1. The molecular weight excluding hydrogens is 653 g/mol. The molecule has 1 aromatic heterocycles. The van der Waals surface area contributed by atoms with Crippen LogP contribution in [0.2, 0.25) is 15.1 Å². The molecule has 0 radical (unpaired) electrons. The van der Waals surface area contributed by atoms with Crippen molar-refractivity contribution in [2.75, 3.05) is 7.11 Å². The van der Waals surface area contributed by atoms with Crippen molar-refractivity contribution < 1.29 is 19.1 Å². The standard InChI is InChI=1S/C30H19BrCl3N3O4/c1-40-26-12-16(6-11-25(26)41-30(39)20-9-8-18(32)14-23(20)34)15-35-37-29(38)28-27(19-4-2-3-5-22(19)33)21-13-17(31)7-10-24(21)36-28/h2-15,36H,1H3,(H,37,38). The molecule has 7 nitrogen and oxygen atoms in total. The highest BCUT2D eigenvalue weighted by Crippen LogP contribution is 2.38. The van der Waals surface area contributed by atoms with Crippen LogP contribution in [0.4, 0.5) is 0 Å². The molecule has 0 atom stereocenters. The van der Waals surface area contributed by atoms with Gasteiger partial charge >= 0.3 is 5.97 Å². The van der Waals surface area contributed by atoms with Gasteiger partial charge in [-0.15, -0.1) is 0 Å². The van der Waals surface area contributed by atoms with Crippen LogP contribution in [-0.2, 0) is 0 Å². The Kier molecular flexibility index (Phi) is 8.65. The minimum Gasteiger partial charge on any atom is -0.493 e. The van der Waals surface area contributed by atoms with E-state index in [0.717, 1.165) is 15.4 Å². The maximum atomic E-state index is 13.3. The van der Waals surface area contributed by atoms with Crippen LogP contribution in [0.5, 0.6) is 11.5 Å². The van der Waals surface area contributed by atoms with Crippen molar-refractivity contribution in [1.29, 1.82) is 0 Å². The number of hydrogen-bond acceptors (Lipinski definition) is 5. The van der Waals surface area contributed by atoms with Crippen molar-refractivity contribution in [1.82, 2.24) is 10.4 Å². The van der Waals surface area contributed by atoms with Crippen LogP contribution in [0.3, 0.4) is 0 Å². The van der Waals surface area contributed by atoms with Gasteiger partial charge in [0.15, 0.2) is 11.5 Å². The SMILES string of the molecule is COc1cc(C=NNC(=O)c2[nH]c3ccc(Br)cc3c2-c2ccccc2Cl)ccc1OC(=O)c1ccc(Cl)cc1Cl. The van der Waals surface area contributed by atoms with Crippen molar-refractivity contribution in [3.8, 4) is 22.6 Å². The molecule has 1 heterocycles. The summed E-state index contributed by atoms with van der Waals surface area (Å²) in [4.78, 5) is 29.1. The zero-order valence-electron chi connectivity index (χ0n) is 21.2. The van der Waals surface area contributed by atoms with Crippen molar-refractivity contribution in [3.05, 3.63) is 115 Å². The Morgan fingerprint density at radius 2 is 1.73 bits per heavy atom. The minimum atomic E-state index is -0.668. The zero-order valence-corrected chi connectivity index (χ0v) is 25.0. The van der Waals surface area contributed by atoms with Crippen LogP contribution in [0.25, 0.3) is 22.0 Å². The van der Waals surface area contributed by atoms with E-state index in [0.29, 0.717) is 32.4 Å². The molecule has 0 aliphatic carbocycles. The fraction of sp³-hybridized carbons (Fsp3) is 0.0333. The number of aromatic amines is 1. The number of amides is 1. The number of methoxy groups -OCH3 is 1. The molecule has 0 aliphatic rings. The van der Waals surface area contributed by atoms with E-state index in [4.69, 9.17) is 44.3 Å². The number of carbonyl (C=O) groups excluding carboxylic acids is 2. The fourth-order valence-electron chi connectivity index (χ4n) is 4.16. The first-order chi connectivity index (χ1) is 19.7. The summed E-state index contributed by atoms with van der Waals surface area (Å²) in [6.45, 7) is 0. The Morgan fingerprint density at radius 1 is 0.927 bits per heavy atom. The number of ether oxygens (including phenoxy) is 2. The average Bonchev–Trinajstić information content (AvgIpc) is 3.32. The number of nitrogens with one attached hydrogen (secondary N) is 2. The second kappa shape index (κ2) is 12.4. The van der Waals surface area contributed by atoms with Crippen LogP contribution in [0, 0.1) is 0 Å². The third-order valence-electron chi connectivity index (χ3n) is 6.05. The number of hydrazone groups is 1. The molecule has 0 bridgehead atoms. The summed E-state index contributed by atoms with van der Waals surface area (Å²) in [5.74, 6) is -0.668. The summed E-state index contributed by atoms with van der Waals surface area (Å²) >= 11 is 22.0. The predicted molar refractivity (Wildman–Crippen MR) is 166 cm³/mol. The topological polar surface area (TPSA) is 92.8 Å². The molecular formula is C30H19BrCl3N3O4. The molecule has 5 aromatic rings. The van der Waals surface area contributed by atoms with E-state index in [2.05, 4.69) is 31.4 Å². The number of carbonyl (C=O) groups is 2. The van der Waals surface area contributed by atoms with Crippen LogP contribution in [0.15, 0.2) is 88.4 Å². The smallest absolute Gasteiger partial charge is 0.345 e. The van der Waals surface area contributed by atoms with Gasteiger partial charge in [-0.25, -0.2) is 10.2 Å². The number of nitrogens with zero attached hydrogens (tertiary/aromatic N) is 1. The van der Waals surface area contributed by atoms with Crippen molar-refractivity contribution in [2.24, 2.45) is 5.10 Å². The molecule has 0 fully saturated rings. The lowest BCUT2D eigenvalue weighted by Gasteiger charge is -2.10. The van der Waals surface area contributed by atoms with Crippen LogP contribution < -0.4 is 14.9 Å². The van der Waals surface area contributed by atoms with Gasteiger partial charge in [-0.3, -0.25) is 4.79 Å². The first-order valence-corrected chi connectivity index (χ1v) is 13.9. The maximum Gasteiger partial charge on any atom is 0.345 e. The van der Waals surface area contributed by atoms with E-state index in [-0.39, 0.29) is 22.1 Å². The van der Waals surface area contributed by atoms with Gasteiger partial charge in [0.1, 0.15) is 5.69 Å². The molecule has 2 N–H and O–H groups in total. The first-order valence-electron chi connectivity index (χ1n) is 12.0. The third-order valence-corrected chi connectivity index (χ3v) is 7.42. The largest absolute Gasteiger partial charge is 0.493 e. The minimum absolute atomic E-state index is 0.159. The first kappa shape index (κ1) is 28.7. The van der Waals surface area contributed by atoms with E-state index < -0.39 is 11.9 Å². The number of benzene rings is 4. The summed E-state index contributed by atoms with van der Waals surface area (Å²) < 4.78 is 11.7. The number of halogens is 4. The van der Waals surface area contributed by atoms with Gasteiger partial charge in [-0.05, 0) is 66.2 Å². The van der Waals surface area contributed by atoms with E-state index in [1.165, 1.54) is 25.5 Å².